The van der Waals surface area contributed by atoms with Gasteiger partial charge in [-0.1, -0.05) is 36.4 Å². The first-order valence-corrected chi connectivity index (χ1v) is 11.0. The number of imidazole rings is 1. The number of benzene rings is 2. The molecule has 148 valence electrons. The SMILES string of the molecule is Cc1cc(Cn2cnc(-c3ccccc3)c2CC(C)O)cc(NS(C)(=O)=O)c1. The van der Waals surface area contributed by atoms with Gasteiger partial charge >= 0.3 is 0 Å². The normalized spacial score (nSPS) is 12.7. The number of aromatic nitrogens is 2. The second-order valence-corrected chi connectivity index (χ2v) is 8.92. The topological polar surface area (TPSA) is 84.2 Å². The van der Waals surface area contributed by atoms with E-state index >= 15 is 0 Å². The molecule has 0 saturated heterocycles. The van der Waals surface area contributed by atoms with E-state index in [0.29, 0.717) is 18.7 Å². The minimum absolute atomic E-state index is 0.477. The van der Waals surface area contributed by atoms with Crippen LogP contribution in [0.3, 0.4) is 0 Å². The lowest BCUT2D eigenvalue weighted by atomic mass is 10.1. The smallest absolute Gasteiger partial charge is 0.229 e. The molecule has 1 heterocycles. The molecule has 0 aliphatic heterocycles. The van der Waals surface area contributed by atoms with E-state index in [1.807, 2.05) is 54.0 Å². The minimum Gasteiger partial charge on any atom is -0.393 e. The number of hydrogen-bond acceptors (Lipinski definition) is 4. The quantitative estimate of drug-likeness (QED) is 0.639. The highest BCUT2D eigenvalue weighted by atomic mass is 32.2. The molecule has 0 aliphatic rings. The van der Waals surface area contributed by atoms with Gasteiger partial charge in [-0.15, -0.1) is 0 Å². The number of anilines is 1. The lowest BCUT2D eigenvalue weighted by Gasteiger charge is -2.14. The van der Waals surface area contributed by atoms with Gasteiger partial charge in [-0.2, -0.15) is 0 Å². The van der Waals surface area contributed by atoms with Crippen LogP contribution in [0.1, 0.15) is 23.7 Å². The number of nitrogens with one attached hydrogen (secondary N) is 1. The molecule has 1 unspecified atom stereocenters. The van der Waals surface area contributed by atoms with Crippen LogP contribution >= 0.6 is 0 Å². The molecule has 1 atom stereocenters. The molecule has 0 bridgehead atoms. The number of sulfonamides is 1. The van der Waals surface area contributed by atoms with Crippen molar-refractivity contribution in [2.75, 3.05) is 11.0 Å². The second-order valence-electron chi connectivity index (χ2n) is 7.17. The zero-order valence-corrected chi connectivity index (χ0v) is 17.1. The number of hydrogen-bond donors (Lipinski definition) is 2. The van der Waals surface area contributed by atoms with Crippen molar-refractivity contribution >= 4 is 15.7 Å². The minimum atomic E-state index is -3.34. The highest BCUT2D eigenvalue weighted by molar-refractivity contribution is 7.92. The second kappa shape index (κ2) is 8.16. The Morgan fingerprint density at radius 1 is 1.18 bits per heavy atom. The predicted molar refractivity (Wildman–Crippen MR) is 112 cm³/mol. The zero-order valence-electron chi connectivity index (χ0n) is 16.3. The molecule has 3 rings (SSSR count). The molecule has 0 radical (unpaired) electrons. The van der Waals surface area contributed by atoms with Crippen LogP contribution in [0.15, 0.2) is 54.9 Å². The van der Waals surface area contributed by atoms with Crippen molar-refractivity contribution in [3.63, 3.8) is 0 Å². The van der Waals surface area contributed by atoms with Gasteiger partial charge in [0.15, 0.2) is 0 Å². The van der Waals surface area contributed by atoms with Crippen LogP contribution in [0.2, 0.25) is 0 Å². The van der Waals surface area contributed by atoms with Gasteiger partial charge in [-0.3, -0.25) is 4.72 Å². The molecule has 0 aliphatic carbocycles. The fourth-order valence-electron chi connectivity index (χ4n) is 3.30. The van der Waals surface area contributed by atoms with E-state index in [2.05, 4.69) is 9.71 Å². The summed E-state index contributed by atoms with van der Waals surface area (Å²) < 4.78 is 27.7. The highest BCUT2D eigenvalue weighted by Gasteiger charge is 2.15. The van der Waals surface area contributed by atoms with E-state index in [4.69, 9.17) is 0 Å². The molecule has 28 heavy (non-hydrogen) atoms. The van der Waals surface area contributed by atoms with Crippen molar-refractivity contribution in [1.82, 2.24) is 9.55 Å². The number of aliphatic hydroxyl groups excluding tert-OH is 1. The van der Waals surface area contributed by atoms with Crippen molar-refractivity contribution in [2.45, 2.75) is 32.9 Å². The maximum absolute atomic E-state index is 11.6. The molecule has 0 saturated carbocycles. The Balaban J connectivity index is 1.97. The first-order valence-electron chi connectivity index (χ1n) is 9.07. The average Bonchev–Trinajstić information content (AvgIpc) is 2.95. The van der Waals surface area contributed by atoms with Crippen LogP contribution in [0, 0.1) is 6.92 Å². The van der Waals surface area contributed by atoms with Crippen LogP contribution in [0.25, 0.3) is 11.3 Å². The standard InChI is InChI=1S/C21H25N3O3S/c1-15-9-17(12-19(10-15)23-28(3,26)27)13-24-14-22-21(20(24)11-16(2)25)18-7-5-4-6-8-18/h4-10,12,14,16,23,25H,11,13H2,1-3H3. The first-order chi connectivity index (χ1) is 13.2. The monoisotopic (exact) mass is 399 g/mol. The summed E-state index contributed by atoms with van der Waals surface area (Å²) in [5, 5.41) is 9.98. The van der Waals surface area contributed by atoms with Crippen LogP contribution in [-0.4, -0.2) is 35.4 Å². The van der Waals surface area contributed by atoms with Crippen molar-refractivity contribution < 1.29 is 13.5 Å². The zero-order chi connectivity index (χ0) is 20.3. The maximum Gasteiger partial charge on any atom is 0.229 e. The fourth-order valence-corrected chi connectivity index (χ4v) is 3.84. The summed E-state index contributed by atoms with van der Waals surface area (Å²) in [4.78, 5) is 4.58. The van der Waals surface area contributed by atoms with Crippen LogP contribution in [0.4, 0.5) is 5.69 Å². The molecule has 7 heteroatoms. The van der Waals surface area contributed by atoms with Gasteiger partial charge in [0, 0.05) is 29.9 Å². The third kappa shape index (κ3) is 5.21. The predicted octanol–water partition coefficient (Wildman–Crippen LogP) is 3.20. The largest absolute Gasteiger partial charge is 0.393 e. The lowest BCUT2D eigenvalue weighted by Crippen LogP contribution is -2.13. The Kier molecular flexibility index (Phi) is 5.86. The molecule has 1 aromatic heterocycles. The lowest BCUT2D eigenvalue weighted by molar-refractivity contribution is 0.193. The summed E-state index contributed by atoms with van der Waals surface area (Å²) >= 11 is 0. The number of rotatable bonds is 7. The molecule has 0 fully saturated rings. The fraction of sp³-hybridized carbons (Fsp3) is 0.286. The Bertz CT molecular complexity index is 1060. The van der Waals surface area contributed by atoms with Crippen molar-refractivity contribution in [1.29, 1.82) is 0 Å². The van der Waals surface area contributed by atoms with E-state index in [-0.39, 0.29) is 0 Å². The van der Waals surface area contributed by atoms with E-state index < -0.39 is 16.1 Å². The Morgan fingerprint density at radius 2 is 1.89 bits per heavy atom. The first kappa shape index (κ1) is 20.1. The van der Waals surface area contributed by atoms with Crippen LogP contribution in [-0.2, 0) is 23.0 Å². The molecule has 2 aromatic carbocycles. The summed E-state index contributed by atoms with van der Waals surface area (Å²) in [5.41, 5.74) is 5.25. The van der Waals surface area contributed by atoms with Crippen molar-refractivity contribution in [3.8, 4) is 11.3 Å². The number of aliphatic hydroxyl groups is 1. The highest BCUT2D eigenvalue weighted by Crippen LogP contribution is 2.25. The molecule has 0 amide bonds. The van der Waals surface area contributed by atoms with Gasteiger partial charge < -0.3 is 9.67 Å². The molecular weight excluding hydrogens is 374 g/mol. The summed E-state index contributed by atoms with van der Waals surface area (Å²) in [6.45, 7) is 4.21. The summed E-state index contributed by atoms with van der Waals surface area (Å²) in [7, 11) is -3.34. The summed E-state index contributed by atoms with van der Waals surface area (Å²) in [5.74, 6) is 0. The Morgan fingerprint density at radius 3 is 2.54 bits per heavy atom. The molecule has 6 nitrogen and oxygen atoms in total. The Hall–Kier alpha value is -2.64. The van der Waals surface area contributed by atoms with Crippen molar-refractivity contribution in [3.05, 3.63) is 71.7 Å². The van der Waals surface area contributed by atoms with E-state index in [0.717, 1.165) is 34.3 Å². The van der Waals surface area contributed by atoms with Gasteiger partial charge in [0.25, 0.3) is 0 Å². The summed E-state index contributed by atoms with van der Waals surface area (Å²) in [6, 6.07) is 15.5. The maximum atomic E-state index is 11.6. The van der Waals surface area contributed by atoms with Gasteiger partial charge in [-0.25, -0.2) is 13.4 Å². The van der Waals surface area contributed by atoms with Crippen LogP contribution in [0.5, 0.6) is 0 Å². The van der Waals surface area contributed by atoms with Crippen molar-refractivity contribution in [2.24, 2.45) is 0 Å². The number of nitrogens with zero attached hydrogens (tertiary/aromatic N) is 2. The van der Waals surface area contributed by atoms with Crippen LogP contribution < -0.4 is 4.72 Å². The Labute approximate surface area is 165 Å². The third-order valence-corrected chi connectivity index (χ3v) is 4.88. The van der Waals surface area contributed by atoms with Gasteiger partial charge in [-0.05, 0) is 37.1 Å². The van der Waals surface area contributed by atoms with E-state index in [1.165, 1.54) is 0 Å². The summed E-state index contributed by atoms with van der Waals surface area (Å²) in [6.07, 6.45) is 2.88. The number of aryl methyl sites for hydroxylation is 1. The molecule has 0 spiro atoms. The molecule has 3 aromatic rings. The van der Waals surface area contributed by atoms with Gasteiger partial charge in [0.05, 0.1) is 24.4 Å². The van der Waals surface area contributed by atoms with E-state index in [1.54, 1.807) is 19.3 Å². The van der Waals surface area contributed by atoms with Gasteiger partial charge in [0.1, 0.15) is 0 Å². The third-order valence-electron chi connectivity index (χ3n) is 4.28. The van der Waals surface area contributed by atoms with E-state index in [9.17, 15) is 13.5 Å². The van der Waals surface area contributed by atoms with Gasteiger partial charge in [0.2, 0.25) is 10.0 Å². The average molecular weight is 400 g/mol. The molecular formula is C21H25N3O3S. The molecule has 2 N–H and O–H groups in total.